The zero-order chi connectivity index (χ0) is 11.2. The first-order valence-electron chi connectivity index (χ1n) is 5.32. The van der Waals surface area contributed by atoms with Gasteiger partial charge in [-0.3, -0.25) is 9.80 Å². The van der Waals surface area contributed by atoms with Gasteiger partial charge in [-0.2, -0.15) is 5.10 Å². The van der Waals surface area contributed by atoms with Gasteiger partial charge in [-0.05, 0) is 0 Å². The van der Waals surface area contributed by atoms with Crippen molar-refractivity contribution in [2.24, 2.45) is 5.10 Å². The monoisotopic (exact) mass is 218 g/mol. The summed E-state index contributed by atoms with van der Waals surface area (Å²) >= 11 is 0. The molecule has 0 spiro atoms. The van der Waals surface area contributed by atoms with Crippen LogP contribution in [0.2, 0.25) is 0 Å². The van der Waals surface area contributed by atoms with Crippen molar-refractivity contribution in [1.29, 1.82) is 0 Å². The van der Waals surface area contributed by atoms with E-state index in [1.54, 1.807) is 12.1 Å². The topological polar surface area (TPSA) is 41.9 Å². The summed E-state index contributed by atoms with van der Waals surface area (Å²) < 4.78 is 5.19. The van der Waals surface area contributed by atoms with Crippen LogP contribution in [-0.2, 0) is 4.74 Å². The first-order valence-corrected chi connectivity index (χ1v) is 5.32. The summed E-state index contributed by atoms with van der Waals surface area (Å²) in [5, 5.41) is 5.99. The molecule has 1 aromatic carbocycles. The van der Waals surface area contributed by atoms with Crippen LogP contribution >= 0.6 is 0 Å². The fourth-order valence-corrected chi connectivity index (χ4v) is 1.48. The summed E-state index contributed by atoms with van der Waals surface area (Å²) in [7, 11) is 0. The molecule has 16 heavy (non-hydrogen) atoms. The average Bonchev–Trinajstić information content (AvgIpc) is 2.38. The highest BCUT2D eigenvalue weighted by molar-refractivity contribution is 6.35. The molecule has 1 aromatic rings. The summed E-state index contributed by atoms with van der Waals surface area (Å²) in [6.45, 7) is 2.85. The summed E-state index contributed by atoms with van der Waals surface area (Å²) in [5.74, 6) is -0.0629. The van der Waals surface area contributed by atoms with E-state index >= 15 is 0 Å². The largest absolute Gasteiger partial charge is 0.378 e. The third kappa shape index (κ3) is 2.90. The third-order valence-electron chi connectivity index (χ3n) is 2.38. The van der Waals surface area contributed by atoms with E-state index in [-0.39, 0.29) is 5.78 Å². The predicted octanol–water partition coefficient (Wildman–Crippen LogP) is 1.19. The van der Waals surface area contributed by atoms with Crippen molar-refractivity contribution in [1.82, 2.24) is 5.01 Å². The normalized spacial score (nSPS) is 16.6. The van der Waals surface area contributed by atoms with Gasteiger partial charge in [-0.1, -0.05) is 30.3 Å². The molecule has 0 aromatic heterocycles. The fourth-order valence-electron chi connectivity index (χ4n) is 1.48. The van der Waals surface area contributed by atoms with Crippen LogP contribution < -0.4 is 0 Å². The number of morpholine rings is 1. The zero-order valence-corrected chi connectivity index (χ0v) is 9.00. The van der Waals surface area contributed by atoms with Gasteiger partial charge < -0.3 is 4.74 Å². The quantitative estimate of drug-likeness (QED) is 0.565. The van der Waals surface area contributed by atoms with Crippen LogP contribution in [0.1, 0.15) is 10.4 Å². The number of hydrazone groups is 1. The number of hydrogen-bond donors (Lipinski definition) is 0. The number of carbonyl (C=O) groups excluding carboxylic acids is 1. The van der Waals surface area contributed by atoms with E-state index in [9.17, 15) is 4.79 Å². The molecule has 1 aliphatic heterocycles. The van der Waals surface area contributed by atoms with E-state index in [4.69, 9.17) is 4.74 Å². The van der Waals surface area contributed by atoms with Crippen LogP contribution in [0.3, 0.4) is 0 Å². The van der Waals surface area contributed by atoms with Crippen LogP contribution in [0.15, 0.2) is 35.4 Å². The molecule has 1 heterocycles. The van der Waals surface area contributed by atoms with Gasteiger partial charge in [0.2, 0.25) is 5.78 Å². The van der Waals surface area contributed by atoms with Crippen molar-refractivity contribution in [2.45, 2.75) is 0 Å². The minimum absolute atomic E-state index is 0.0629. The molecule has 1 aliphatic rings. The standard InChI is InChI=1S/C12H14N2O2/c15-12(11-4-2-1-3-5-11)10-13-14-6-8-16-9-7-14/h1-5,10H,6-9H2/b13-10-. The number of carbonyl (C=O) groups is 1. The lowest BCUT2D eigenvalue weighted by Crippen LogP contribution is -2.32. The summed E-state index contributed by atoms with van der Waals surface area (Å²) in [4.78, 5) is 11.7. The molecule has 0 atom stereocenters. The van der Waals surface area contributed by atoms with Crippen molar-refractivity contribution in [3.63, 3.8) is 0 Å². The van der Waals surface area contributed by atoms with Gasteiger partial charge in [0.1, 0.15) is 0 Å². The molecule has 4 heteroatoms. The molecule has 1 fully saturated rings. The number of nitrogens with zero attached hydrogens (tertiary/aromatic N) is 2. The molecule has 0 aliphatic carbocycles. The Morgan fingerprint density at radius 1 is 1.25 bits per heavy atom. The Morgan fingerprint density at radius 2 is 1.94 bits per heavy atom. The lowest BCUT2D eigenvalue weighted by atomic mass is 10.1. The second-order valence-electron chi connectivity index (χ2n) is 3.54. The average molecular weight is 218 g/mol. The number of Topliss-reactive ketones (excluding diaryl/α,β-unsaturated/α-hetero) is 1. The molecule has 4 nitrogen and oxygen atoms in total. The van der Waals surface area contributed by atoms with Gasteiger partial charge in [0, 0.05) is 5.56 Å². The lowest BCUT2D eigenvalue weighted by molar-refractivity contribution is 0.0395. The van der Waals surface area contributed by atoms with Gasteiger partial charge in [-0.15, -0.1) is 0 Å². The summed E-state index contributed by atoms with van der Waals surface area (Å²) in [6.07, 6.45) is 1.38. The lowest BCUT2D eigenvalue weighted by Gasteiger charge is -2.23. The van der Waals surface area contributed by atoms with Crippen LogP contribution in [-0.4, -0.2) is 43.3 Å². The van der Waals surface area contributed by atoms with Crippen LogP contribution in [0.25, 0.3) is 0 Å². The molecule has 0 saturated carbocycles. The Bertz CT molecular complexity index is 370. The fraction of sp³-hybridized carbons (Fsp3) is 0.333. The Balaban J connectivity index is 1.94. The molecule has 1 saturated heterocycles. The maximum atomic E-state index is 11.7. The van der Waals surface area contributed by atoms with Gasteiger partial charge >= 0.3 is 0 Å². The molecular weight excluding hydrogens is 204 g/mol. The van der Waals surface area contributed by atoms with E-state index < -0.39 is 0 Å². The van der Waals surface area contributed by atoms with E-state index in [1.165, 1.54) is 6.21 Å². The van der Waals surface area contributed by atoms with Crippen molar-refractivity contribution in [2.75, 3.05) is 26.3 Å². The van der Waals surface area contributed by atoms with E-state index in [0.717, 1.165) is 13.1 Å². The number of ketones is 1. The first kappa shape index (κ1) is 10.8. The Hall–Kier alpha value is -1.68. The highest BCUT2D eigenvalue weighted by Gasteiger charge is 2.07. The van der Waals surface area contributed by atoms with Gasteiger partial charge in [0.25, 0.3) is 0 Å². The zero-order valence-electron chi connectivity index (χ0n) is 9.00. The molecule has 0 N–H and O–H groups in total. The minimum atomic E-state index is -0.0629. The van der Waals surface area contributed by atoms with E-state index in [2.05, 4.69) is 5.10 Å². The predicted molar refractivity (Wildman–Crippen MR) is 61.7 cm³/mol. The Morgan fingerprint density at radius 3 is 2.62 bits per heavy atom. The van der Waals surface area contributed by atoms with Crippen molar-refractivity contribution in [3.8, 4) is 0 Å². The smallest absolute Gasteiger partial charge is 0.205 e. The molecule has 0 amide bonds. The second-order valence-corrected chi connectivity index (χ2v) is 3.54. The maximum Gasteiger partial charge on any atom is 0.205 e. The van der Waals surface area contributed by atoms with Crippen molar-refractivity contribution >= 4 is 12.0 Å². The Labute approximate surface area is 94.5 Å². The molecule has 84 valence electrons. The summed E-state index contributed by atoms with van der Waals surface area (Å²) in [6, 6.07) is 9.14. The van der Waals surface area contributed by atoms with Crippen molar-refractivity contribution < 1.29 is 9.53 Å². The first-order chi connectivity index (χ1) is 7.86. The number of ether oxygens (including phenoxy) is 1. The molecular formula is C12H14N2O2. The number of hydrogen-bond acceptors (Lipinski definition) is 4. The van der Waals surface area contributed by atoms with Crippen LogP contribution in [0.5, 0.6) is 0 Å². The van der Waals surface area contributed by atoms with Gasteiger partial charge in [0.15, 0.2) is 0 Å². The van der Waals surface area contributed by atoms with Crippen molar-refractivity contribution in [3.05, 3.63) is 35.9 Å². The summed E-state index contributed by atoms with van der Waals surface area (Å²) in [5.41, 5.74) is 0.666. The Kier molecular flexibility index (Phi) is 3.66. The molecule has 0 unspecified atom stereocenters. The van der Waals surface area contributed by atoms with Crippen LogP contribution in [0.4, 0.5) is 0 Å². The molecule has 0 radical (unpaired) electrons. The molecule has 2 rings (SSSR count). The van der Waals surface area contributed by atoms with Gasteiger partial charge in [0.05, 0.1) is 32.5 Å². The van der Waals surface area contributed by atoms with Crippen LogP contribution in [0, 0.1) is 0 Å². The molecule has 0 bridgehead atoms. The number of benzene rings is 1. The second kappa shape index (κ2) is 5.42. The highest BCUT2D eigenvalue weighted by atomic mass is 16.5. The highest BCUT2D eigenvalue weighted by Crippen LogP contribution is 2.00. The SMILES string of the molecule is O=C(/C=N\N1CCOCC1)c1ccccc1. The van der Waals surface area contributed by atoms with Gasteiger partial charge in [-0.25, -0.2) is 0 Å². The number of rotatable bonds is 3. The van der Waals surface area contributed by atoms with E-state index in [1.807, 2.05) is 23.2 Å². The maximum absolute atomic E-state index is 11.7. The van der Waals surface area contributed by atoms with E-state index in [0.29, 0.717) is 18.8 Å². The third-order valence-corrected chi connectivity index (χ3v) is 2.38. The minimum Gasteiger partial charge on any atom is -0.378 e.